The summed E-state index contributed by atoms with van der Waals surface area (Å²) < 4.78 is 1.39. The highest BCUT2D eigenvalue weighted by atomic mass is 16.2. The van der Waals surface area contributed by atoms with Crippen LogP contribution in [0.1, 0.15) is 43.8 Å². The number of amides is 1. The van der Waals surface area contributed by atoms with Gasteiger partial charge in [0, 0.05) is 11.8 Å². The number of benzene rings is 1. The Bertz CT molecular complexity index is 773. The number of hydrogen-bond donors (Lipinski definition) is 1. The average Bonchev–Trinajstić information content (AvgIpc) is 3.24. The van der Waals surface area contributed by atoms with Gasteiger partial charge < -0.3 is 0 Å². The molecule has 1 heterocycles. The van der Waals surface area contributed by atoms with Crippen LogP contribution in [0.15, 0.2) is 29.1 Å². The van der Waals surface area contributed by atoms with Gasteiger partial charge in [-0.1, -0.05) is 18.6 Å². The van der Waals surface area contributed by atoms with Crippen LogP contribution in [0.4, 0.5) is 0 Å². The van der Waals surface area contributed by atoms with Crippen LogP contribution in [0.2, 0.25) is 0 Å². The molecule has 0 radical (unpaired) electrons. The van der Waals surface area contributed by atoms with Crippen molar-refractivity contribution < 1.29 is 4.79 Å². The van der Waals surface area contributed by atoms with Gasteiger partial charge in [-0.15, -0.1) is 0 Å². The zero-order valence-corrected chi connectivity index (χ0v) is 11.7. The first-order chi connectivity index (χ1) is 10.2. The number of para-hydroxylation sites is 1. The van der Waals surface area contributed by atoms with Gasteiger partial charge in [0.2, 0.25) is 5.91 Å². The fourth-order valence-corrected chi connectivity index (χ4v) is 2.75. The summed E-state index contributed by atoms with van der Waals surface area (Å²) in [6.45, 7) is 0. The Morgan fingerprint density at radius 1 is 1.19 bits per heavy atom. The minimum absolute atomic E-state index is 0.0513. The molecule has 5 heteroatoms. The fraction of sp³-hybridized carbons (Fsp3) is 0.438. The van der Waals surface area contributed by atoms with E-state index in [-0.39, 0.29) is 17.4 Å². The van der Waals surface area contributed by atoms with Crippen LogP contribution in [-0.4, -0.2) is 15.6 Å². The highest BCUT2D eigenvalue weighted by Crippen LogP contribution is 2.38. The molecule has 1 aromatic heterocycles. The third-order valence-electron chi connectivity index (χ3n) is 4.44. The van der Waals surface area contributed by atoms with Gasteiger partial charge in [-0.2, -0.15) is 0 Å². The highest BCUT2D eigenvalue weighted by molar-refractivity contribution is 5.87. The summed E-state index contributed by atoms with van der Waals surface area (Å²) in [5, 5.41) is 0.552. The van der Waals surface area contributed by atoms with Crippen molar-refractivity contribution in [1.82, 2.24) is 9.66 Å². The fourth-order valence-electron chi connectivity index (χ4n) is 2.75. The van der Waals surface area contributed by atoms with E-state index in [1.54, 1.807) is 6.07 Å². The molecule has 0 saturated heterocycles. The number of nitrogens with zero attached hydrogens (tertiary/aromatic N) is 2. The quantitative estimate of drug-likeness (QED) is 0.938. The molecule has 21 heavy (non-hydrogen) atoms. The van der Waals surface area contributed by atoms with Gasteiger partial charge in [-0.3, -0.25) is 15.0 Å². The second-order valence-corrected chi connectivity index (χ2v) is 6.01. The molecular formula is C16H17N3O2. The summed E-state index contributed by atoms with van der Waals surface area (Å²) >= 11 is 0. The summed E-state index contributed by atoms with van der Waals surface area (Å²) in [6.07, 6.45) is 4.99. The van der Waals surface area contributed by atoms with Gasteiger partial charge >= 0.3 is 0 Å². The lowest BCUT2D eigenvalue weighted by molar-refractivity contribution is -0.123. The molecule has 0 atom stereocenters. The van der Waals surface area contributed by atoms with Gasteiger partial charge in [0.1, 0.15) is 5.82 Å². The SMILES string of the molecule is O=C(Nn1c(C2CC2)nc2ccccc2c1=O)C1CCC1. The molecule has 4 rings (SSSR count). The smallest absolute Gasteiger partial charge is 0.273 e. The van der Waals surface area contributed by atoms with Crippen LogP contribution >= 0.6 is 0 Å². The Morgan fingerprint density at radius 2 is 1.95 bits per heavy atom. The predicted octanol–water partition coefficient (Wildman–Crippen LogP) is 2.14. The molecule has 0 unspecified atom stereocenters. The van der Waals surface area contributed by atoms with E-state index in [0.717, 1.165) is 32.1 Å². The lowest BCUT2D eigenvalue weighted by atomic mass is 9.85. The first-order valence-electron chi connectivity index (χ1n) is 7.56. The predicted molar refractivity (Wildman–Crippen MR) is 79.7 cm³/mol. The van der Waals surface area contributed by atoms with Gasteiger partial charge in [0.05, 0.1) is 10.9 Å². The minimum atomic E-state index is -0.171. The van der Waals surface area contributed by atoms with E-state index in [0.29, 0.717) is 22.6 Å². The molecule has 2 aliphatic rings. The minimum Gasteiger partial charge on any atom is -0.273 e. The maximum absolute atomic E-state index is 12.7. The van der Waals surface area contributed by atoms with Crippen LogP contribution in [-0.2, 0) is 4.79 Å². The largest absolute Gasteiger partial charge is 0.280 e. The summed E-state index contributed by atoms with van der Waals surface area (Å²) in [5.74, 6) is 0.994. The van der Waals surface area contributed by atoms with Crippen LogP contribution in [0.25, 0.3) is 10.9 Å². The molecular weight excluding hydrogens is 266 g/mol. The first kappa shape index (κ1) is 12.6. The second-order valence-electron chi connectivity index (χ2n) is 6.01. The molecule has 108 valence electrons. The van der Waals surface area contributed by atoms with Gasteiger partial charge in [0.15, 0.2) is 0 Å². The van der Waals surface area contributed by atoms with Crippen molar-refractivity contribution in [2.75, 3.05) is 5.43 Å². The lowest BCUT2D eigenvalue weighted by Gasteiger charge is -2.25. The monoisotopic (exact) mass is 283 g/mol. The van der Waals surface area contributed by atoms with E-state index in [9.17, 15) is 9.59 Å². The normalized spacial score (nSPS) is 18.5. The van der Waals surface area contributed by atoms with Crippen molar-refractivity contribution in [2.24, 2.45) is 5.92 Å². The molecule has 0 spiro atoms. The van der Waals surface area contributed by atoms with Crippen LogP contribution in [0, 0.1) is 5.92 Å². The Labute approximate surface area is 122 Å². The van der Waals surface area contributed by atoms with Gasteiger partial charge in [-0.25, -0.2) is 9.66 Å². The molecule has 1 amide bonds. The Balaban J connectivity index is 1.81. The van der Waals surface area contributed by atoms with Gasteiger partial charge in [-0.05, 0) is 37.8 Å². The summed E-state index contributed by atoms with van der Waals surface area (Å²) in [6, 6.07) is 7.30. The van der Waals surface area contributed by atoms with E-state index in [1.165, 1.54) is 4.68 Å². The highest BCUT2D eigenvalue weighted by Gasteiger charge is 2.31. The van der Waals surface area contributed by atoms with Crippen molar-refractivity contribution in [2.45, 2.75) is 38.0 Å². The summed E-state index contributed by atoms with van der Waals surface area (Å²) in [4.78, 5) is 29.4. The molecule has 2 aromatic rings. The topological polar surface area (TPSA) is 64.0 Å². The Hall–Kier alpha value is -2.17. The maximum Gasteiger partial charge on any atom is 0.280 e. The molecule has 0 aliphatic heterocycles. The van der Waals surface area contributed by atoms with E-state index in [1.807, 2.05) is 18.2 Å². The second kappa shape index (κ2) is 4.69. The van der Waals surface area contributed by atoms with Crippen molar-refractivity contribution in [1.29, 1.82) is 0 Å². The zero-order chi connectivity index (χ0) is 14.4. The maximum atomic E-state index is 12.7. The Kier molecular flexibility index (Phi) is 2.80. The first-order valence-corrected chi connectivity index (χ1v) is 7.56. The number of aromatic nitrogens is 2. The van der Waals surface area contributed by atoms with Gasteiger partial charge in [0.25, 0.3) is 5.56 Å². The molecule has 2 fully saturated rings. The number of carbonyl (C=O) groups is 1. The summed E-state index contributed by atoms with van der Waals surface area (Å²) in [7, 11) is 0. The van der Waals surface area contributed by atoms with E-state index in [4.69, 9.17) is 0 Å². The number of carbonyl (C=O) groups excluding carboxylic acids is 1. The van der Waals surface area contributed by atoms with Crippen LogP contribution in [0.5, 0.6) is 0 Å². The average molecular weight is 283 g/mol. The van der Waals surface area contributed by atoms with Crippen LogP contribution in [0.3, 0.4) is 0 Å². The number of fused-ring (bicyclic) bond motifs is 1. The molecule has 1 N–H and O–H groups in total. The molecule has 1 aromatic carbocycles. The molecule has 2 aliphatic carbocycles. The zero-order valence-electron chi connectivity index (χ0n) is 11.7. The van der Waals surface area contributed by atoms with Crippen molar-refractivity contribution in [3.05, 3.63) is 40.4 Å². The standard InChI is InChI=1S/C16H17N3O2/c20-15(11-4-3-5-11)18-19-14(10-8-9-10)17-13-7-2-1-6-12(13)16(19)21/h1-2,6-7,10-11H,3-5,8-9H2,(H,18,20). The molecule has 5 nitrogen and oxygen atoms in total. The van der Waals surface area contributed by atoms with Crippen molar-refractivity contribution in [3.63, 3.8) is 0 Å². The number of hydrogen-bond acceptors (Lipinski definition) is 3. The van der Waals surface area contributed by atoms with E-state index in [2.05, 4.69) is 10.4 Å². The Morgan fingerprint density at radius 3 is 2.62 bits per heavy atom. The van der Waals surface area contributed by atoms with Crippen molar-refractivity contribution >= 4 is 16.8 Å². The number of nitrogens with one attached hydrogen (secondary N) is 1. The molecule has 2 saturated carbocycles. The lowest BCUT2D eigenvalue weighted by Crippen LogP contribution is -2.40. The third-order valence-corrected chi connectivity index (χ3v) is 4.44. The third kappa shape index (κ3) is 2.13. The van der Waals surface area contributed by atoms with Crippen LogP contribution < -0.4 is 11.0 Å². The van der Waals surface area contributed by atoms with E-state index >= 15 is 0 Å². The van der Waals surface area contributed by atoms with E-state index < -0.39 is 0 Å². The molecule has 0 bridgehead atoms. The summed E-state index contributed by atoms with van der Waals surface area (Å²) in [5.41, 5.74) is 3.33. The van der Waals surface area contributed by atoms with Crippen molar-refractivity contribution in [3.8, 4) is 0 Å². The number of rotatable bonds is 3.